The molecule has 6 heteroatoms. The van der Waals surface area contributed by atoms with Gasteiger partial charge in [0.1, 0.15) is 11.5 Å². The number of aromatic hydroxyl groups is 2. The zero-order chi connectivity index (χ0) is 14.8. The summed E-state index contributed by atoms with van der Waals surface area (Å²) in [6.07, 6.45) is 0. The fraction of sp³-hybridized carbons (Fsp3) is 0. The van der Waals surface area contributed by atoms with Crippen molar-refractivity contribution in [3.8, 4) is 22.8 Å². The van der Waals surface area contributed by atoms with E-state index in [2.05, 4.69) is 15.5 Å². The predicted molar refractivity (Wildman–Crippen MR) is 82.1 cm³/mol. The third-order valence-electron chi connectivity index (χ3n) is 2.97. The minimum atomic E-state index is 0.109. The van der Waals surface area contributed by atoms with E-state index in [9.17, 15) is 10.2 Å². The predicted octanol–water partition coefficient (Wildman–Crippen LogP) is 3.88. The molecule has 3 rings (SSSR count). The molecule has 0 aliphatic rings. The van der Waals surface area contributed by atoms with Crippen LogP contribution in [0, 0.1) is 0 Å². The van der Waals surface area contributed by atoms with Gasteiger partial charge in [0, 0.05) is 12.1 Å². The fourth-order valence-electron chi connectivity index (χ4n) is 1.92. The lowest BCUT2D eigenvalue weighted by Crippen LogP contribution is -1.90. The van der Waals surface area contributed by atoms with Crippen molar-refractivity contribution in [2.45, 2.75) is 0 Å². The van der Waals surface area contributed by atoms with Gasteiger partial charge < -0.3 is 15.5 Å². The van der Waals surface area contributed by atoms with E-state index in [0.717, 1.165) is 11.3 Å². The van der Waals surface area contributed by atoms with Crippen LogP contribution in [0.15, 0.2) is 48.5 Å². The molecule has 1 aromatic heterocycles. The van der Waals surface area contributed by atoms with Crippen LogP contribution in [0.25, 0.3) is 11.3 Å². The van der Waals surface area contributed by atoms with Crippen molar-refractivity contribution < 1.29 is 10.2 Å². The highest BCUT2D eigenvalue weighted by Crippen LogP contribution is 2.29. The smallest absolute Gasteiger partial charge is 0.152 e. The summed E-state index contributed by atoms with van der Waals surface area (Å²) in [5.74, 6) is 0.926. The van der Waals surface area contributed by atoms with Crippen molar-refractivity contribution in [1.29, 1.82) is 0 Å². The van der Waals surface area contributed by atoms with Gasteiger partial charge in [0.05, 0.1) is 16.4 Å². The number of anilines is 2. The van der Waals surface area contributed by atoms with E-state index in [4.69, 9.17) is 11.6 Å². The maximum absolute atomic E-state index is 9.32. The summed E-state index contributed by atoms with van der Waals surface area (Å²) < 4.78 is 0. The fourth-order valence-corrected chi connectivity index (χ4v) is 2.14. The van der Waals surface area contributed by atoms with Crippen LogP contribution in [0.4, 0.5) is 11.5 Å². The molecule has 106 valence electrons. The van der Waals surface area contributed by atoms with Gasteiger partial charge in [-0.2, -0.15) is 5.10 Å². The van der Waals surface area contributed by atoms with Gasteiger partial charge in [0.15, 0.2) is 5.82 Å². The number of nitrogens with one attached hydrogen (secondary N) is 2. The van der Waals surface area contributed by atoms with E-state index in [1.54, 1.807) is 36.4 Å². The second-order valence-electron chi connectivity index (χ2n) is 4.50. The van der Waals surface area contributed by atoms with Crippen LogP contribution in [-0.4, -0.2) is 20.4 Å². The Morgan fingerprint density at radius 3 is 2.38 bits per heavy atom. The van der Waals surface area contributed by atoms with Crippen LogP contribution >= 0.6 is 11.6 Å². The van der Waals surface area contributed by atoms with E-state index in [0.29, 0.717) is 16.5 Å². The third-order valence-corrected chi connectivity index (χ3v) is 3.28. The standard InChI is InChI=1S/C15H12ClN3O2/c16-12-7-11(21)5-6-13(12)17-15-8-14(18-19-15)9-1-3-10(20)4-2-9/h1-8,20-21H,(H2,17,18,19). The van der Waals surface area contributed by atoms with Crippen molar-refractivity contribution in [3.05, 3.63) is 53.6 Å². The van der Waals surface area contributed by atoms with E-state index < -0.39 is 0 Å². The number of halogens is 1. The Hall–Kier alpha value is -2.66. The van der Waals surface area contributed by atoms with Gasteiger partial charge in [-0.3, -0.25) is 5.10 Å². The van der Waals surface area contributed by atoms with Gasteiger partial charge in [-0.15, -0.1) is 0 Å². The quantitative estimate of drug-likeness (QED) is 0.553. The summed E-state index contributed by atoms with van der Waals surface area (Å²) in [6.45, 7) is 0. The molecule has 4 N–H and O–H groups in total. The number of rotatable bonds is 3. The first-order chi connectivity index (χ1) is 10.1. The van der Waals surface area contributed by atoms with Crippen molar-refractivity contribution >= 4 is 23.1 Å². The Kier molecular flexibility index (Phi) is 3.41. The van der Waals surface area contributed by atoms with Crippen molar-refractivity contribution in [3.63, 3.8) is 0 Å². The summed E-state index contributed by atoms with van der Waals surface area (Å²) in [5, 5.41) is 29.1. The van der Waals surface area contributed by atoms with Crippen LogP contribution in [0.2, 0.25) is 5.02 Å². The van der Waals surface area contributed by atoms with Crippen LogP contribution in [-0.2, 0) is 0 Å². The molecule has 0 radical (unpaired) electrons. The number of benzene rings is 2. The number of H-pyrrole nitrogens is 1. The van der Waals surface area contributed by atoms with Gasteiger partial charge in [0.2, 0.25) is 0 Å². The van der Waals surface area contributed by atoms with Gasteiger partial charge in [-0.1, -0.05) is 11.6 Å². The van der Waals surface area contributed by atoms with Crippen LogP contribution in [0.3, 0.4) is 0 Å². The molecule has 5 nitrogen and oxygen atoms in total. The summed E-state index contributed by atoms with van der Waals surface area (Å²) in [7, 11) is 0. The van der Waals surface area contributed by atoms with Gasteiger partial charge >= 0.3 is 0 Å². The van der Waals surface area contributed by atoms with E-state index >= 15 is 0 Å². The zero-order valence-corrected chi connectivity index (χ0v) is 11.6. The van der Waals surface area contributed by atoms with E-state index in [1.807, 2.05) is 6.07 Å². The second kappa shape index (κ2) is 5.38. The van der Waals surface area contributed by atoms with Crippen molar-refractivity contribution in [2.24, 2.45) is 0 Å². The Bertz CT molecular complexity index is 769. The number of phenolic OH excluding ortho intramolecular Hbond substituents is 2. The number of hydrogen-bond acceptors (Lipinski definition) is 4. The number of nitrogens with zero attached hydrogens (tertiary/aromatic N) is 1. The van der Waals surface area contributed by atoms with E-state index in [-0.39, 0.29) is 11.5 Å². The molecule has 21 heavy (non-hydrogen) atoms. The number of aromatic amines is 1. The lowest BCUT2D eigenvalue weighted by molar-refractivity contribution is 0.475. The van der Waals surface area contributed by atoms with Crippen molar-refractivity contribution in [2.75, 3.05) is 5.32 Å². The molecule has 1 heterocycles. The molecule has 0 atom stereocenters. The summed E-state index contributed by atoms with van der Waals surface area (Å²) in [4.78, 5) is 0. The molecule has 0 fully saturated rings. The largest absolute Gasteiger partial charge is 0.508 e. The molecule has 0 bridgehead atoms. The number of phenols is 2. The summed E-state index contributed by atoms with van der Waals surface area (Å²) in [5.41, 5.74) is 2.37. The molecule has 0 unspecified atom stereocenters. The molecule has 0 saturated carbocycles. The topological polar surface area (TPSA) is 81.2 Å². The third kappa shape index (κ3) is 2.93. The highest BCUT2D eigenvalue weighted by molar-refractivity contribution is 6.33. The van der Waals surface area contributed by atoms with Gasteiger partial charge in [0.25, 0.3) is 0 Å². The molecule has 0 spiro atoms. The highest BCUT2D eigenvalue weighted by atomic mass is 35.5. The summed E-state index contributed by atoms with van der Waals surface area (Å²) >= 11 is 6.03. The molecular formula is C15H12ClN3O2. The van der Waals surface area contributed by atoms with Crippen molar-refractivity contribution in [1.82, 2.24) is 10.2 Å². The summed E-state index contributed by atoms with van der Waals surface area (Å²) in [6, 6.07) is 13.3. The van der Waals surface area contributed by atoms with Crippen LogP contribution < -0.4 is 5.32 Å². The molecule has 2 aromatic carbocycles. The maximum Gasteiger partial charge on any atom is 0.152 e. The van der Waals surface area contributed by atoms with Crippen LogP contribution in [0.1, 0.15) is 0 Å². The Morgan fingerprint density at radius 1 is 0.952 bits per heavy atom. The Balaban J connectivity index is 1.83. The maximum atomic E-state index is 9.32. The zero-order valence-electron chi connectivity index (χ0n) is 10.8. The average Bonchev–Trinajstić information content (AvgIpc) is 2.91. The number of aromatic nitrogens is 2. The molecule has 0 aliphatic carbocycles. The monoisotopic (exact) mass is 301 g/mol. The van der Waals surface area contributed by atoms with Gasteiger partial charge in [-0.05, 0) is 42.0 Å². The second-order valence-corrected chi connectivity index (χ2v) is 4.91. The number of hydrogen-bond donors (Lipinski definition) is 4. The molecular weight excluding hydrogens is 290 g/mol. The minimum absolute atomic E-state index is 0.109. The highest BCUT2D eigenvalue weighted by Gasteiger charge is 2.06. The first-order valence-corrected chi connectivity index (χ1v) is 6.60. The SMILES string of the molecule is Oc1ccc(-c2cc(Nc3ccc(O)cc3Cl)n[nH]2)cc1. The van der Waals surface area contributed by atoms with E-state index in [1.165, 1.54) is 6.07 Å². The lowest BCUT2D eigenvalue weighted by atomic mass is 10.1. The first kappa shape index (κ1) is 13.3. The molecule has 0 saturated heterocycles. The molecule has 0 aliphatic heterocycles. The Morgan fingerprint density at radius 2 is 1.67 bits per heavy atom. The molecule has 0 amide bonds. The average molecular weight is 302 g/mol. The minimum Gasteiger partial charge on any atom is -0.508 e. The normalized spacial score (nSPS) is 10.5. The molecule has 3 aromatic rings. The Labute approximate surface area is 125 Å². The van der Waals surface area contributed by atoms with Crippen LogP contribution in [0.5, 0.6) is 11.5 Å². The van der Waals surface area contributed by atoms with Gasteiger partial charge in [-0.25, -0.2) is 0 Å². The lowest BCUT2D eigenvalue weighted by Gasteiger charge is -2.05. The first-order valence-electron chi connectivity index (χ1n) is 6.22.